The van der Waals surface area contributed by atoms with Gasteiger partial charge in [-0.3, -0.25) is 4.68 Å². The number of rotatable bonds is 3. The maximum absolute atomic E-state index is 13.3. The van der Waals surface area contributed by atoms with Crippen molar-refractivity contribution in [3.63, 3.8) is 0 Å². The van der Waals surface area contributed by atoms with Gasteiger partial charge in [0.05, 0.1) is 33.0 Å². The fourth-order valence-electron chi connectivity index (χ4n) is 1.72. The molecule has 0 fully saturated rings. The third kappa shape index (κ3) is 2.96. The molecule has 0 unspecified atom stereocenters. The molecular weight excluding hydrogens is 312 g/mol. The number of nitrogens with one attached hydrogen (secondary N) is 1. The molecule has 0 aliphatic heterocycles. The molecule has 3 nitrogen and oxygen atoms in total. The standard InChI is InChI=1S/C12H11Cl3FN3/c1-6-11(15)10(19(2)18-6)5-17-7-3-8(13)12(16)9(14)4-7/h3-4,17H,5H2,1-2H3. The van der Waals surface area contributed by atoms with Gasteiger partial charge in [-0.15, -0.1) is 0 Å². The predicted molar refractivity (Wildman–Crippen MR) is 76.7 cm³/mol. The molecule has 102 valence electrons. The first-order valence-electron chi connectivity index (χ1n) is 5.46. The van der Waals surface area contributed by atoms with Crippen LogP contribution in [0.2, 0.25) is 15.1 Å². The first-order chi connectivity index (χ1) is 8.90. The quantitative estimate of drug-likeness (QED) is 0.847. The first-order valence-corrected chi connectivity index (χ1v) is 6.60. The normalized spacial score (nSPS) is 10.8. The van der Waals surface area contributed by atoms with Gasteiger partial charge in [0, 0.05) is 12.7 Å². The van der Waals surface area contributed by atoms with Crippen molar-refractivity contribution in [1.29, 1.82) is 0 Å². The van der Waals surface area contributed by atoms with Gasteiger partial charge in [0.15, 0.2) is 5.82 Å². The van der Waals surface area contributed by atoms with E-state index in [0.717, 1.165) is 11.4 Å². The van der Waals surface area contributed by atoms with Crippen LogP contribution in [0.1, 0.15) is 11.4 Å². The smallest absolute Gasteiger partial charge is 0.160 e. The van der Waals surface area contributed by atoms with E-state index in [9.17, 15) is 4.39 Å². The highest BCUT2D eigenvalue weighted by Gasteiger charge is 2.12. The number of anilines is 1. The van der Waals surface area contributed by atoms with E-state index in [0.29, 0.717) is 17.3 Å². The van der Waals surface area contributed by atoms with E-state index in [1.54, 1.807) is 11.7 Å². The molecule has 0 bridgehead atoms. The molecule has 2 aromatic rings. The molecule has 1 aromatic carbocycles. The van der Waals surface area contributed by atoms with Crippen LogP contribution < -0.4 is 5.32 Å². The van der Waals surface area contributed by atoms with Crippen molar-refractivity contribution in [1.82, 2.24) is 9.78 Å². The lowest BCUT2D eigenvalue weighted by molar-refractivity contribution is 0.629. The highest BCUT2D eigenvalue weighted by molar-refractivity contribution is 6.35. The Morgan fingerprint density at radius 1 is 1.26 bits per heavy atom. The molecule has 0 spiro atoms. The van der Waals surface area contributed by atoms with Gasteiger partial charge < -0.3 is 5.32 Å². The van der Waals surface area contributed by atoms with Crippen LogP contribution >= 0.6 is 34.8 Å². The summed E-state index contributed by atoms with van der Waals surface area (Å²) < 4.78 is 15.0. The topological polar surface area (TPSA) is 29.9 Å². The summed E-state index contributed by atoms with van der Waals surface area (Å²) in [7, 11) is 1.81. The van der Waals surface area contributed by atoms with Crippen molar-refractivity contribution in [2.24, 2.45) is 7.05 Å². The van der Waals surface area contributed by atoms with Crippen LogP contribution in [0.4, 0.5) is 10.1 Å². The molecule has 2 rings (SSSR count). The van der Waals surface area contributed by atoms with Gasteiger partial charge in [-0.1, -0.05) is 34.8 Å². The van der Waals surface area contributed by atoms with Crippen LogP contribution in [0.5, 0.6) is 0 Å². The van der Waals surface area contributed by atoms with E-state index >= 15 is 0 Å². The van der Waals surface area contributed by atoms with Crippen molar-refractivity contribution in [3.05, 3.63) is 44.4 Å². The Hall–Kier alpha value is -0.970. The number of benzene rings is 1. The zero-order chi connectivity index (χ0) is 14.2. The summed E-state index contributed by atoms with van der Waals surface area (Å²) in [6, 6.07) is 2.94. The Morgan fingerprint density at radius 3 is 2.32 bits per heavy atom. The Labute approximate surface area is 125 Å². The summed E-state index contributed by atoms with van der Waals surface area (Å²) in [6.45, 7) is 2.27. The fraction of sp³-hybridized carbons (Fsp3) is 0.250. The number of nitrogens with zero attached hydrogens (tertiary/aromatic N) is 2. The SMILES string of the molecule is Cc1nn(C)c(CNc2cc(Cl)c(F)c(Cl)c2)c1Cl. The van der Waals surface area contributed by atoms with Crippen molar-refractivity contribution < 1.29 is 4.39 Å². The summed E-state index contributed by atoms with van der Waals surface area (Å²) in [5.74, 6) is -0.622. The number of aromatic nitrogens is 2. The Morgan fingerprint density at radius 2 is 1.84 bits per heavy atom. The zero-order valence-electron chi connectivity index (χ0n) is 10.3. The number of aryl methyl sites for hydroxylation is 2. The molecule has 0 aliphatic carbocycles. The minimum Gasteiger partial charge on any atom is -0.379 e. The fourth-order valence-corrected chi connectivity index (χ4v) is 2.43. The lowest BCUT2D eigenvalue weighted by Gasteiger charge is -2.09. The summed E-state index contributed by atoms with van der Waals surface area (Å²) in [6.07, 6.45) is 0. The van der Waals surface area contributed by atoms with Crippen LogP contribution in [0.25, 0.3) is 0 Å². The monoisotopic (exact) mass is 321 g/mol. The van der Waals surface area contributed by atoms with Crippen molar-refractivity contribution in [3.8, 4) is 0 Å². The molecule has 19 heavy (non-hydrogen) atoms. The lowest BCUT2D eigenvalue weighted by Crippen LogP contribution is -2.06. The highest BCUT2D eigenvalue weighted by atomic mass is 35.5. The average molecular weight is 323 g/mol. The molecule has 0 amide bonds. The first kappa shape index (κ1) is 14.4. The second kappa shape index (κ2) is 5.57. The summed E-state index contributed by atoms with van der Waals surface area (Å²) in [5.41, 5.74) is 2.21. The van der Waals surface area contributed by atoms with E-state index in [-0.39, 0.29) is 10.0 Å². The van der Waals surface area contributed by atoms with Gasteiger partial charge >= 0.3 is 0 Å². The molecule has 0 radical (unpaired) electrons. The molecule has 7 heteroatoms. The molecule has 1 N–H and O–H groups in total. The van der Waals surface area contributed by atoms with Gasteiger partial charge in [0.2, 0.25) is 0 Å². The second-order valence-electron chi connectivity index (χ2n) is 4.08. The van der Waals surface area contributed by atoms with Crippen LogP contribution in [0.15, 0.2) is 12.1 Å². The van der Waals surface area contributed by atoms with Gasteiger partial charge in [-0.25, -0.2) is 4.39 Å². The highest BCUT2D eigenvalue weighted by Crippen LogP contribution is 2.28. The largest absolute Gasteiger partial charge is 0.379 e. The minimum absolute atomic E-state index is 0.0257. The van der Waals surface area contributed by atoms with Crippen molar-refractivity contribution in [2.75, 3.05) is 5.32 Å². The maximum atomic E-state index is 13.3. The van der Waals surface area contributed by atoms with Crippen LogP contribution in [0, 0.1) is 12.7 Å². The molecule has 1 heterocycles. The summed E-state index contributed by atoms with van der Waals surface area (Å²) in [5, 5.41) is 7.84. The molecule has 0 atom stereocenters. The van der Waals surface area contributed by atoms with E-state index in [1.165, 1.54) is 12.1 Å². The zero-order valence-corrected chi connectivity index (χ0v) is 12.5. The van der Waals surface area contributed by atoms with Gasteiger partial charge in [-0.2, -0.15) is 5.10 Å². The predicted octanol–water partition coefficient (Wildman–Crippen LogP) is 4.44. The van der Waals surface area contributed by atoms with E-state index in [4.69, 9.17) is 34.8 Å². The maximum Gasteiger partial charge on any atom is 0.160 e. The van der Waals surface area contributed by atoms with Crippen molar-refractivity contribution in [2.45, 2.75) is 13.5 Å². The molecule has 0 saturated carbocycles. The van der Waals surface area contributed by atoms with E-state index in [2.05, 4.69) is 10.4 Å². The van der Waals surface area contributed by atoms with E-state index < -0.39 is 5.82 Å². The molecular formula is C12H11Cl3FN3. The minimum atomic E-state index is -0.622. The second-order valence-corrected chi connectivity index (χ2v) is 5.27. The van der Waals surface area contributed by atoms with Crippen LogP contribution in [0.3, 0.4) is 0 Å². The molecule has 0 saturated heterocycles. The Kier molecular flexibility index (Phi) is 4.23. The van der Waals surface area contributed by atoms with Gasteiger partial charge in [0.25, 0.3) is 0 Å². The van der Waals surface area contributed by atoms with E-state index in [1.807, 2.05) is 6.92 Å². The number of hydrogen-bond donors (Lipinski definition) is 1. The Balaban J connectivity index is 2.19. The molecule has 1 aromatic heterocycles. The van der Waals surface area contributed by atoms with Gasteiger partial charge in [-0.05, 0) is 19.1 Å². The van der Waals surface area contributed by atoms with Crippen molar-refractivity contribution >= 4 is 40.5 Å². The average Bonchev–Trinajstić information content (AvgIpc) is 2.58. The Bertz CT molecular complexity index is 602. The summed E-state index contributed by atoms with van der Waals surface area (Å²) in [4.78, 5) is 0. The lowest BCUT2D eigenvalue weighted by atomic mass is 10.3. The number of halogens is 4. The number of hydrogen-bond acceptors (Lipinski definition) is 2. The molecule has 0 aliphatic rings. The van der Waals surface area contributed by atoms with Crippen LogP contribution in [-0.2, 0) is 13.6 Å². The third-order valence-electron chi connectivity index (χ3n) is 2.71. The summed E-state index contributed by atoms with van der Waals surface area (Å²) >= 11 is 17.6. The third-order valence-corrected chi connectivity index (χ3v) is 3.75. The van der Waals surface area contributed by atoms with Gasteiger partial charge in [0.1, 0.15) is 0 Å². The van der Waals surface area contributed by atoms with Crippen LogP contribution in [-0.4, -0.2) is 9.78 Å².